The largest absolute Gasteiger partial charge is 0.394 e. The molecule has 0 bridgehead atoms. The predicted molar refractivity (Wildman–Crippen MR) is 90.2 cm³/mol. The van der Waals surface area contributed by atoms with Gasteiger partial charge in [-0.05, 0) is 24.4 Å². The minimum Gasteiger partial charge on any atom is -0.344 e. The topological polar surface area (TPSA) is 110 Å². The fraction of sp³-hybridized carbons (Fsp3) is 1.00. The maximum atomic E-state index is 8.74. The second-order valence-corrected chi connectivity index (χ2v) is 7.24. The molecule has 126 valence electrons. The van der Waals surface area contributed by atoms with E-state index in [1.165, 1.54) is 57.8 Å². The van der Waals surface area contributed by atoms with E-state index in [0.717, 1.165) is 0 Å². The molecule has 0 radical (unpaired) electrons. The second kappa shape index (κ2) is 14.2. The van der Waals surface area contributed by atoms with Crippen LogP contribution in [0.2, 0.25) is 0 Å². The third-order valence-corrected chi connectivity index (χ3v) is 3.95. The summed E-state index contributed by atoms with van der Waals surface area (Å²) >= 11 is 0. The lowest BCUT2D eigenvalue weighted by atomic mass is 9.90. The van der Waals surface area contributed by atoms with Crippen molar-refractivity contribution in [3.8, 4) is 0 Å². The summed E-state index contributed by atoms with van der Waals surface area (Å²) in [7, 11) is -1.50. The van der Waals surface area contributed by atoms with Crippen LogP contribution in [0, 0.1) is 0 Å². The first-order chi connectivity index (χ1) is 8.68. The summed E-state index contributed by atoms with van der Waals surface area (Å²) in [4.78, 5) is 0. The fourth-order valence-corrected chi connectivity index (χ4v) is 2.57. The van der Waals surface area contributed by atoms with Gasteiger partial charge in [-0.25, -0.2) is 0 Å². The summed E-state index contributed by atoms with van der Waals surface area (Å²) in [5.41, 5.74) is 0. The molecule has 1 unspecified atom stereocenters. The van der Waals surface area contributed by atoms with Gasteiger partial charge in [-0.15, -0.1) is 9.24 Å². The van der Waals surface area contributed by atoms with Crippen LogP contribution in [0.25, 0.3) is 0 Å². The van der Waals surface area contributed by atoms with Crippen LogP contribution in [0.1, 0.15) is 78.6 Å². The number of unbranched alkanes of at least 4 members (excludes halogenated alkanes) is 3. The van der Waals surface area contributed by atoms with Crippen LogP contribution in [0.5, 0.6) is 0 Å². The first kappa shape index (κ1) is 25.2. The Morgan fingerprint density at radius 3 is 1.20 bits per heavy atom. The quantitative estimate of drug-likeness (QED) is 0.420. The average molecular weight is 331 g/mol. The highest BCUT2D eigenvalue weighted by Gasteiger charge is 2.22. The van der Waals surface area contributed by atoms with E-state index in [9.17, 15) is 0 Å². The SMILES string of the molecule is CCCCC(P)(CCCC)CCCC.N.O=S(=O)(O)O. The van der Waals surface area contributed by atoms with Crippen LogP contribution in [0.15, 0.2) is 0 Å². The highest BCUT2D eigenvalue weighted by Crippen LogP contribution is 2.36. The summed E-state index contributed by atoms with van der Waals surface area (Å²) in [6.07, 6.45) is 12.5. The number of hydrogen-bond donors (Lipinski definition) is 3. The Balaban J connectivity index is -0.000000414. The van der Waals surface area contributed by atoms with Gasteiger partial charge in [0, 0.05) is 0 Å². The fourth-order valence-electron chi connectivity index (χ4n) is 1.96. The Bertz CT molecular complexity index is 267. The molecular formula is C13H34NO4PS. The lowest BCUT2D eigenvalue weighted by Crippen LogP contribution is -2.20. The maximum Gasteiger partial charge on any atom is 0.394 e. The highest BCUT2D eigenvalue weighted by atomic mass is 32.3. The maximum absolute atomic E-state index is 8.74. The van der Waals surface area contributed by atoms with E-state index in [2.05, 4.69) is 30.0 Å². The molecule has 0 aliphatic carbocycles. The molecule has 5 nitrogen and oxygen atoms in total. The summed E-state index contributed by atoms with van der Waals surface area (Å²) in [6, 6.07) is 0. The summed E-state index contributed by atoms with van der Waals surface area (Å²) in [5, 5.41) is 0.571. The predicted octanol–water partition coefficient (Wildman–Crippen LogP) is 4.68. The van der Waals surface area contributed by atoms with Crippen molar-refractivity contribution in [3.63, 3.8) is 0 Å². The van der Waals surface area contributed by atoms with Gasteiger partial charge in [0.15, 0.2) is 0 Å². The molecule has 0 aliphatic rings. The second-order valence-electron chi connectivity index (χ2n) is 5.12. The minimum absolute atomic E-state index is 0. The molecular weight excluding hydrogens is 297 g/mol. The lowest BCUT2D eigenvalue weighted by Gasteiger charge is -2.29. The third kappa shape index (κ3) is 23.4. The van der Waals surface area contributed by atoms with E-state index >= 15 is 0 Å². The molecule has 0 saturated carbocycles. The normalized spacial score (nSPS) is 11.3. The van der Waals surface area contributed by atoms with Crippen molar-refractivity contribution in [2.24, 2.45) is 0 Å². The monoisotopic (exact) mass is 331 g/mol. The van der Waals surface area contributed by atoms with E-state index in [1.54, 1.807) is 0 Å². The molecule has 0 amide bonds. The van der Waals surface area contributed by atoms with Crippen LogP contribution in [-0.2, 0) is 10.4 Å². The van der Waals surface area contributed by atoms with Gasteiger partial charge in [-0.2, -0.15) is 8.42 Å². The van der Waals surface area contributed by atoms with Crippen LogP contribution in [0.4, 0.5) is 0 Å². The minimum atomic E-state index is -4.67. The van der Waals surface area contributed by atoms with Gasteiger partial charge >= 0.3 is 10.4 Å². The molecule has 5 N–H and O–H groups in total. The van der Waals surface area contributed by atoms with Gasteiger partial charge in [-0.1, -0.05) is 59.3 Å². The summed E-state index contributed by atoms with van der Waals surface area (Å²) in [5.74, 6) is 0. The van der Waals surface area contributed by atoms with E-state index in [0.29, 0.717) is 5.16 Å². The molecule has 0 saturated heterocycles. The van der Waals surface area contributed by atoms with E-state index in [1.807, 2.05) is 0 Å². The summed E-state index contributed by atoms with van der Waals surface area (Å²) < 4.78 is 31.6. The molecule has 20 heavy (non-hydrogen) atoms. The molecule has 0 heterocycles. The average Bonchev–Trinajstić information content (AvgIpc) is 2.30. The van der Waals surface area contributed by atoms with Crippen molar-refractivity contribution >= 4 is 19.6 Å². The van der Waals surface area contributed by atoms with Gasteiger partial charge in [0.2, 0.25) is 0 Å². The zero-order valence-corrected chi connectivity index (χ0v) is 15.2. The van der Waals surface area contributed by atoms with Gasteiger partial charge in [0.25, 0.3) is 0 Å². The van der Waals surface area contributed by atoms with Gasteiger partial charge in [-0.3, -0.25) is 9.11 Å². The summed E-state index contributed by atoms with van der Waals surface area (Å²) in [6.45, 7) is 6.89. The zero-order valence-electron chi connectivity index (χ0n) is 13.3. The van der Waals surface area contributed by atoms with E-state index in [4.69, 9.17) is 17.5 Å². The molecule has 0 aliphatic heterocycles. The van der Waals surface area contributed by atoms with Crippen molar-refractivity contribution in [2.45, 2.75) is 83.7 Å². The Morgan fingerprint density at radius 1 is 0.850 bits per heavy atom. The van der Waals surface area contributed by atoms with Crippen LogP contribution >= 0.6 is 9.24 Å². The van der Waals surface area contributed by atoms with Crippen molar-refractivity contribution in [1.82, 2.24) is 6.15 Å². The Labute approximate surface area is 127 Å². The lowest BCUT2D eigenvalue weighted by molar-refractivity contribution is 0.381. The molecule has 0 aromatic carbocycles. The molecule has 0 aromatic heterocycles. The van der Waals surface area contributed by atoms with Gasteiger partial charge < -0.3 is 6.15 Å². The molecule has 0 rings (SSSR count). The van der Waals surface area contributed by atoms with E-state index in [-0.39, 0.29) is 6.15 Å². The third-order valence-electron chi connectivity index (χ3n) is 3.08. The standard InChI is InChI=1S/C13H29P.H3N.H2O4S/c1-4-7-10-13(14,11-8-5-2)12-9-6-3;;1-5(2,3)4/h4-12,14H2,1-3H3;1H3;(H2,1,2,3,4). The van der Waals surface area contributed by atoms with Crippen molar-refractivity contribution in [3.05, 3.63) is 0 Å². The van der Waals surface area contributed by atoms with Gasteiger partial charge in [0.05, 0.1) is 0 Å². The van der Waals surface area contributed by atoms with Crippen molar-refractivity contribution < 1.29 is 17.5 Å². The highest BCUT2D eigenvalue weighted by molar-refractivity contribution is 7.79. The molecule has 0 fully saturated rings. The van der Waals surface area contributed by atoms with E-state index < -0.39 is 10.4 Å². The smallest absolute Gasteiger partial charge is 0.344 e. The van der Waals surface area contributed by atoms with Crippen LogP contribution in [-0.4, -0.2) is 22.7 Å². The molecule has 0 spiro atoms. The molecule has 1 atom stereocenters. The first-order valence-electron chi connectivity index (χ1n) is 7.17. The van der Waals surface area contributed by atoms with Crippen molar-refractivity contribution in [1.29, 1.82) is 0 Å². The number of rotatable bonds is 9. The Hall–Kier alpha value is 0.260. The first-order valence-corrected chi connectivity index (χ1v) is 9.14. The van der Waals surface area contributed by atoms with Crippen molar-refractivity contribution in [2.75, 3.05) is 0 Å². The molecule has 7 heteroatoms. The Kier molecular flexibility index (Phi) is 17.9. The molecule has 0 aromatic rings. The zero-order chi connectivity index (χ0) is 15.4. The van der Waals surface area contributed by atoms with Crippen LogP contribution < -0.4 is 6.15 Å². The Morgan fingerprint density at radius 2 is 1.05 bits per heavy atom. The van der Waals surface area contributed by atoms with Crippen LogP contribution in [0.3, 0.4) is 0 Å². The van der Waals surface area contributed by atoms with Gasteiger partial charge in [0.1, 0.15) is 0 Å². The number of hydrogen-bond acceptors (Lipinski definition) is 3.